The summed E-state index contributed by atoms with van der Waals surface area (Å²) in [5, 5.41) is 11.3. The van der Waals surface area contributed by atoms with Gasteiger partial charge in [0.15, 0.2) is 5.54 Å². The first-order valence-electron chi connectivity index (χ1n) is 9.49. The van der Waals surface area contributed by atoms with Crippen molar-refractivity contribution in [1.29, 1.82) is 0 Å². The van der Waals surface area contributed by atoms with Gasteiger partial charge in [-0.05, 0) is 35.9 Å². The normalized spacial score (nSPS) is 18.5. The predicted molar refractivity (Wildman–Crippen MR) is 120 cm³/mol. The molecule has 0 aliphatic carbocycles. The van der Waals surface area contributed by atoms with E-state index in [-0.39, 0.29) is 17.6 Å². The van der Waals surface area contributed by atoms with Crippen LogP contribution in [0.4, 0.5) is 10.1 Å². The Bertz CT molecular complexity index is 1190. The highest BCUT2D eigenvalue weighted by molar-refractivity contribution is 9.10. The summed E-state index contributed by atoms with van der Waals surface area (Å²) in [6, 6.07) is 21.2. The molecular formula is C24H18BrFN2O3. The third-order valence-electron chi connectivity index (χ3n) is 5.37. The Morgan fingerprint density at radius 3 is 2.23 bits per heavy atom. The molecular weight excluding hydrogens is 463 g/mol. The van der Waals surface area contributed by atoms with Crippen molar-refractivity contribution in [1.82, 2.24) is 0 Å². The maximum atomic E-state index is 14.6. The fraction of sp³-hybridized carbons (Fsp3) is 0.0833. The van der Waals surface area contributed by atoms with Gasteiger partial charge in [-0.1, -0.05) is 64.5 Å². The van der Waals surface area contributed by atoms with E-state index in [4.69, 9.17) is 5.73 Å². The van der Waals surface area contributed by atoms with Gasteiger partial charge >= 0.3 is 0 Å². The molecule has 156 valence electrons. The highest BCUT2D eigenvalue weighted by Crippen LogP contribution is 2.44. The third-order valence-corrected chi connectivity index (χ3v) is 5.89. The Labute approximate surface area is 186 Å². The maximum Gasteiger partial charge on any atom is 0.263 e. The van der Waals surface area contributed by atoms with E-state index in [2.05, 4.69) is 15.9 Å². The lowest BCUT2D eigenvalue weighted by Gasteiger charge is -2.36. The zero-order chi connectivity index (χ0) is 22.2. The third kappa shape index (κ3) is 3.41. The van der Waals surface area contributed by atoms with Crippen molar-refractivity contribution in [2.24, 2.45) is 5.73 Å². The van der Waals surface area contributed by atoms with E-state index >= 15 is 0 Å². The van der Waals surface area contributed by atoms with Crippen LogP contribution in [0, 0.1) is 5.82 Å². The number of nitrogens with two attached hydrogens (primary N) is 1. The lowest BCUT2D eigenvalue weighted by atomic mass is 9.86. The number of hydrogen-bond donors (Lipinski definition) is 2. The summed E-state index contributed by atoms with van der Waals surface area (Å²) in [7, 11) is 0. The minimum Gasteiger partial charge on any atom is -0.508 e. The van der Waals surface area contributed by atoms with Gasteiger partial charge in [0.2, 0.25) is 0 Å². The molecule has 0 aromatic heterocycles. The zero-order valence-electron chi connectivity index (χ0n) is 16.3. The first-order valence-corrected chi connectivity index (χ1v) is 10.3. The van der Waals surface area contributed by atoms with Gasteiger partial charge < -0.3 is 10.8 Å². The summed E-state index contributed by atoms with van der Waals surface area (Å²) in [5.74, 6) is -2.88. The lowest BCUT2D eigenvalue weighted by Crippen LogP contribution is -2.59. The lowest BCUT2D eigenvalue weighted by molar-refractivity contribution is -0.125. The molecule has 1 aliphatic heterocycles. The smallest absolute Gasteiger partial charge is 0.263 e. The van der Waals surface area contributed by atoms with Gasteiger partial charge in [-0.2, -0.15) is 0 Å². The summed E-state index contributed by atoms with van der Waals surface area (Å²) in [6.07, 6.45) is -0.0746. The Balaban J connectivity index is 1.99. The highest BCUT2D eigenvalue weighted by atomic mass is 79.9. The molecule has 0 radical (unpaired) electrons. The number of primary amides is 1. The number of nitrogens with zero attached hydrogens (tertiary/aromatic N) is 1. The molecule has 0 bridgehead atoms. The summed E-state index contributed by atoms with van der Waals surface area (Å²) < 4.78 is 15.4. The first kappa shape index (κ1) is 20.8. The van der Waals surface area contributed by atoms with Crippen LogP contribution in [0.3, 0.4) is 0 Å². The number of benzene rings is 3. The Kier molecular flexibility index (Phi) is 5.37. The number of amides is 2. The molecule has 3 aromatic carbocycles. The predicted octanol–water partition coefficient (Wildman–Crippen LogP) is 4.37. The molecule has 1 atom stereocenters. The van der Waals surface area contributed by atoms with Crippen LogP contribution in [0.15, 0.2) is 89.1 Å². The van der Waals surface area contributed by atoms with Gasteiger partial charge in [-0.25, -0.2) is 4.39 Å². The Morgan fingerprint density at radius 1 is 1.00 bits per heavy atom. The topological polar surface area (TPSA) is 83.6 Å². The van der Waals surface area contributed by atoms with E-state index in [9.17, 15) is 19.1 Å². The summed E-state index contributed by atoms with van der Waals surface area (Å²) in [6.45, 7) is 0. The van der Waals surface area contributed by atoms with Gasteiger partial charge in [0, 0.05) is 22.1 Å². The standard InChI is InChI=1S/C24H18BrFN2O3/c25-16-10-12-17(13-11-16)28-22(30)20(18-8-4-5-9-19(18)26)21(29)24(28,23(27)31)14-15-6-2-1-3-7-15/h1-13,29H,14H2,(H2,27,31). The average molecular weight is 481 g/mol. The number of aliphatic hydroxyl groups is 1. The quantitative estimate of drug-likeness (QED) is 0.568. The van der Waals surface area contributed by atoms with E-state index < -0.39 is 28.9 Å². The van der Waals surface area contributed by atoms with Crippen molar-refractivity contribution in [3.05, 3.63) is 106 Å². The van der Waals surface area contributed by atoms with Gasteiger partial charge in [-0.15, -0.1) is 0 Å². The van der Waals surface area contributed by atoms with Crippen LogP contribution in [0.1, 0.15) is 11.1 Å². The number of anilines is 1. The molecule has 1 heterocycles. The van der Waals surface area contributed by atoms with Gasteiger partial charge in [0.05, 0.1) is 5.57 Å². The minimum atomic E-state index is -1.91. The molecule has 1 unspecified atom stereocenters. The molecule has 0 saturated carbocycles. The molecule has 0 fully saturated rings. The van der Waals surface area contributed by atoms with Crippen LogP contribution in [0.5, 0.6) is 0 Å². The Morgan fingerprint density at radius 2 is 1.61 bits per heavy atom. The second kappa shape index (κ2) is 8.00. The largest absolute Gasteiger partial charge is 0.508 e. The fourth-order valence-electron chi connectivity index (χ4n) is 3.90. The van der Waals surface area contributed by atoms with E-state index in [1.54, 1.807) is 54.6 Å². The number of carbonyl (C=O) groups excluding carboxylic acids is 2. The number of aliphatic hydroxyl groups excluding tert-OH is 1. The van der Waals surface area contributed by atoms with Crippen LogP contribution in [0.25, 0.3) is 5.57 Å². The average Bonchev–Trinajstić information content (AvgIpc) is 2.97. The maximum absolute atomic E-state index is 14.6. The molecule has 3 aromatic rings. The number of halogens is 2. The molecule has 2 amide bonds. The van der Waals surface area contributed by atoms with E-state index in [1.165, 1.54) is 18.2 Å². The zero-order valence-corrected chi connectivity index (χ0v) is 17.8. The van der Waals surface area contributed by atoms with E-state index in [0.717, 1.165) is 9.37 Å². The summed E-state index contributed by atoms with van der Waals surface area (Å²) >= 11 is 3.35. The van der Waals surface area contributed by atoms with Crippen LogP contribution in [0.2, 0.25) is 0 Å². The molecule has 0 saturated heterocycles. The molecule has 0 spiro atoms. The van der Waals surface area contributed by atoms with Gasteiger partial charge in [0.25, 0.3) is 11.8 Å². The number of hydrogen-bond acceptors (Lipinski definition) is 3. The Hall–Kier alpha value is -3.45. The van der Waals surface area contributed by atoms with Crippen LogP contribution in [-0.2, 0) is 16.0 Å². The summed E-state index contributed by atoms with van der Waals surface area (Å²) in [5.41, 5.74) is 4.58. The van der Waals surface area contributed by atoms with Crippen molar-refractivity contribution >= 4 is 39.0 Å². The molecule has 31 heavy (non-hydrogen) atoms. The highest BCUT2D eigenvalue weighted by Gasteiger charge is 2.57. The first-order chi connectivity index (χ1) is 14.9. The molecule has 3 N–H and O–H groups in total. The van der Waals surface area contributed by atoms with Crippen LogP contribution >= 0.6 is 15.9 Å². The van der Waals surface area contributed by atoms with Gasteiger partial charge in [0.1, 0.15) is 11.6 Å². The fourth-order valence-corrected chi connectivity index (χ4v) is 4.17. The second-order valence-corrected chi connectivity index (χ2v) is 8.12. The van der Waals surface area contributed by atoms with Crippen LogP contribution in [-0.4, -0.2) is 22.5 Å². The molecule has 1 aliphatic rings. The second-order valence-electron chi connectivity index (χ2n) is 7.21. The van der Waals surface area contributed by atoms with Crippen LogP contribution < -0.4 is 10.6 Å². The minimum absolute atomic E-state index is 0.0746. The SMILES string of the molecule is NC(=O)C1(Cc2ccccc2)C(O)=C(c2ccccc2F)C(=O)N1c1ccc(Br)cc1. The van der Waals surface area contributed by atoms with Crippen molar-refractivity contribution in [2.45, 2.75) is 12.0 Å². The molecule has 5 nitrogen and oxygen atoms in total. The number of carbonyl (C=O) groups is 2. The van der Waals surface area contributed by atoms with Crippen molar-refractivity contribution in [3.8, 4) is 0 Å². The number of rotatable bonds is 5. The van der Waals surface area contributed by atoms with Gasteiger partial charge in [-0.3, -0.25) is 14.5 Å². The van der Waals surface area contributed by atoms with Crippen molar-refractivity contribution in [2.75, 3.05) is 4.90 Å². The summed E-state index contributed by atoms with van der Waals surface area (Å²) in [4.78, 5) is 27.7. The molecule has 4 rings (SSSR count). The molecule has 7 heteroatoms. The van der Waals surface area contributed by atoms with E-state index in [0.29, 0.717) is 11.3 Å². The monoisotopic (exact) mass is 480 g/mol. The van der Waals surface area contributed by atoms with Crippen molar-refractivity contribution in [3.63, 3.8) is 0 Å². The van der Waals surface area contributed by atoms with Crippen molar-refractivity contribution < 1.29 is 19.1 Å². The van der Waals surface area contributed by atoms with E-state index in [1.807, 2.05) is 6.07 Å².